The van der Waals surface area contributed by atoms with Crippen LogP contribution < -0.4 is 4.73 Å². The number of nitriles is 1. The molecule has 0 saturated carbocycles. The zero-order valence-electron chi connectivity index (χ0n) is 22.4. The molecule has 2 fully saturated rings. The number of ether oxygens (including phenoxy) is 2. The lowest BCUT2D eigenvalue weighted by atomic mass is 9.73. The summed E-state index contributed by atoms with van der Waals surface area (Å²) in [7, 11) is 0. The van der Waals surface area contributed by atoms with E-state index in [9.17, 15) is 30.3 Å². The van der Waals surface area contributed by atoms with Gasteiger partial charge in [0.2, 0.25) is 0 Å². The highest BCUT2D eigenvalue weighted by atomic mass is 32.1. The molecular formula is C27H39N2O7S+. The number of carbonyl (C=O) groups is 2. The Labute approximate surface area is 222 Å². The highest BCUT2D eigenvalue weighted by Gasteiger charge is 2.57. The first-order chi connectivity index (χ1) is 17.2. The summed E-state index contributed by atoms with van der Waals surface area (Å²) in [5.41, 5.74) is -1.10. The van der Waals surface area contributed by atoms with Crippen LogP contribution in [0.1, 0.15) is 77.4 Å². The fourth-order valence-electron chi connectivity index (χ4n) is 5.08. The third-order valence-corrected chi connectivity index (χ3v) is 8.90. The molecule has 10 heteroatoms. The van der Waals surface area contributed by atoms with Crippen molar-refractivity contribution >= 4 is 29.2 Å². The van der Waals surface area contributed by atoms with Gasteiger partial charge in [-0.15, -0.1) is 0 Å². The molecule has 0 bridgehead atoms. The molecule has 37 heavy (non-hydrogen) atoms. The maximum absolute atomic E-state index is 13.2. The van der Waals surface area contributed by atoms with E-state index in [-0.39, 0.29) is 18.1 Å². The predicted octanol–water partition coefficient (Wildman–Crippen LogP) is 3.11. The number of epoxide rings is 1. The number of Topliss-reactive ketones (excluding diaryl/α,β-unsaturated/α-hetero) is 1. The predicted molar refractivity (Wildman–Crippen MR) is 135 cm³/mol. The van der Waals surface area contributed by atoms with E-state index in [0.29, 0.717) is 35.5 Å². The third kappa shape index (κ3) is 6.23. The van der Waals surface area contributed by atoms with Gasteiger partial charge in [0.05, 0.1) is 29.4 Å². The van der Waals surface area contributed by atoms with Crippen LogP contribution >= 0.6 is 11.3 Å². The highest BCUT2D eigenvalue weighted by molar-refractivity contribution is 7.09. The smallest absolute Gasteiger partial charge is 0.309 e. The second kappa shape index (κ2) is 11.2. The number of aromatic nitrogens is 1. The molecule has 9 nitrogen and oxygen atoms in total. The Hall–Kier alpha value is -2.32. The van der Waals surface area contributed by atoms with Crippen LogP contribution in [0.25, 0.3) is 6.08 Å². The number of fused-ring (bicyclic) bond motifs is 1. The van der Waals surface area contributed by atoms with E-state index in [4.69, 9.17) is 9.47 Å². The zero-order valence-corrected chi connectivity index (χ0v) is 23.2. The molecule has 3 rings (SSSR count). The van der Waals surface area contributed by atoms with Crippen LogP contribution in [0.5, 0.6) is 0 Å². The minimum absolute atomic E-state index is 0.199. The maximum Gasteiger partial charge on any atom is 0.309 e. The van der Waals surface area contributed by atoms with Crippen LogP contribution in [-0.4, -0.2) is 57.2 Å². The average Bonchev–Trinajstić information content (AvgIpc) is 3.45. The van der Waals surface area contributed by atoms with Crippen molar-refractivity contribution < 1.29 is 39.2 Å². The summed E-state index contributed by atoms with van der Waals surface area (Å²) in [5, 5.41) is 44.3. The molecule has 0 amide bonds. The number of rotatable bonds is 2. The van der Waals surface area contributed by atoms with Crippen LogP contribution in [0.4, 0.5) is 0 Å². The Morgan fingerprint density at radius 2 is 1.97 bits per heavy atom. The van der Waals surface area contributed by atoms with Gasteiger partial charge in [0.15, 0.2) is 5.60 Å². The molecule has 0 spiro atoms. The molecule has 0 aliphatic carbocycles. The second-order valence-corrected chi connectivity index (χ2v) is 12.2. The van der Waals surface area contributed by atoms with Gasteiger partial charge in [0.25, 0.3) is 10.7 Å². The molecule has 3 N–H and O–H groups in total. The number of hydrogen-bond donors (Lipinski definition) is 3. The van der Waals surface area contributed by atoms with Crippen LogP contribution in [0, 0.1) is 35.5 Å². The van der Waals surface area contributed by atoms with Crippen molar-refractivity contribution in [2.75, 3.05) is 0 Å². The van der Waals surface area contributed by atoms with E-state index in [1.807, 2.05) is 6.92 Å². The van der Waals surface area contributed by atoms with E-state index in [0.717, 1.165) is 4.73 Å². The monoisotopic (exact) mass is 535 g/mol. The van der Waals surface area contributed by atoms with Crippen molar-refractivity contribution in [1.29, 1.82) is 5.26 Å². The van der Waals surface area contributed by atoms with Gasteiger partial charge in [-0.3, -0.25) is 14.8 Å². The molecular weight excluding hydrogens is 496 g/mol. The van der Waals surface area contributed by atoms with E-state index in [1.54, 1.807) is 46.1 Å². The summed E-state index contributed by atoms with van der Waals surface area (Å²) in [5.74, 6) is -1.96. The number of thiazole rings is 1. The van der Waals surface area contributed by atoms with Gasteiger partial charge in [-0.1, -0.05) is 39.0 Å². The SMILES string of the molecule is CC(=Cc1csc(C)[n+]1O)[C@@H]1CC2O[C@@]2(C#N)CCC[C@H](C)[C@H](O)[C@@H](C)C(=O)C(C)(C)[C@@H](O)CC(=O)O1. The Morgan fingerprint density at radius 3 is 2.57 bits per heavy atom. The van der Waals surface area contributed by atoms with Crippen LogP contribution in [0.3, 0.4) is 0 Å². The van der Waals surface area contributed by atoms with Crippen molar-refractivity contribution in [2.45, 2.75) is 104 Å². The van der Waals surface area contributed by atoms with Gasteiger partial charge < -0.3 is 19.7 Å². The number of esters is 1. The molecule has 3 heterocycles. The minimum Gasteiger partial charge on any atom is -0.458 e. The molecule has 204 valence electrons. The van der Waals surface area contributed by atoms with Crippen molar-refractivity contribution in [2.24, 2.45) is 17.3 Å². The topological polar surface area (TPSA) is 144 Å². The second-order valence-electron chi connectivity index (χ2n) is 11.2. The summed E-state index contributed by atoms with van der Waals surface area (Å²) < 4.78 is 12.7. The largest absolute Gasteiger partial charge is 0.458 e. The molecule has 1 aromatic heterocycles. The summed E-state index contributed by atoms with van der Waals surface area (Å²) in [4.78, 5) is 26.2. The van der Waals surface area contributed by atoms with Crippen LogP contribution in [0.15, 0.2) is 11.0 Å². The maximum atomic E-state index is 13.2. The van der Waals surface area contributed by atoms with Crippen LogP contribution in [-0.2, 0) is 19.1 Å². The van der Waals surface area contributed by atoms with Gasteiger partial charge in [-0.2, -0.15) is 5.26 Å². The lowest BCUT2D eigenvalue weighted by molar-refractivity contribution is -0.906. The summed E-state index contributed by atoms with van der Waals surface area (Å²) in [6.07, 6.45) is -0.209. The van der Waals surface area contributed by atoms with Crippen molar-refractivity contribution in [3.8, 4) is 6.07 Å². The number of aliphatic hydroxyl groups is 2. The standard InChI is InChI=1S/C27H39N2O7S/c1-15-8-7-9-27(14-28)22(36-27)11-20(16(2)10-19-13-37-18(4)29(19)34)35-23(31)12-21(30)26(5,6)25(33)17(3)24(15)32/h10,13,15,17,20-22,24,30,32,34H,7-9,11-12H2,1-6H3/q+1/t15-,17+,20-,21-,22?,24-,27+/m0/s1. The molecule has 1 aromatic rings. The number of aryl methyl sites for hydroxylation is 1. The molecule has 1 unspecified atom stereocenters. The van der Waals surface area contributed by atoms with Crippen molar-refractivity contribution in [3.63, 3.8) is 0 Å². The molecule has 7 atom stereocenters. The lowest BCUT2D eigenvalue weighted by Crippen LogP contribution is -2.45. The lowest BCUT2D eigenvalue weighted by Gasteiger charge is -2.34. The minimum atomic E-state index is -1.32. The molecule has 2 saturated heterocycles. The third-order valence-electron chi connectivity index (χ3n) is 8.03. The first-order valence-corrected chi connectivity index (χ1v) is 13.7. The molecule has 2 aliphatic rings. The Balaban J connectivity index is 1.91. The van der Waals surface area contributed by atoms with Gasteiger partial charge in [-0.05, 0) is 37.7 Å². The van der Waals surface area contributed by atoms with Crippen LogP contribution in [0.2, 0.25) is 0 Å². The first kappa shape index (κ1) is 29.2. The van der Waals surface area contributed by atoms with Gasteiger partial charge in [0.1, 0.15) is 24.1 Å². The Bertz CT molecular complexity index is 1090. The molecule has 0 aromatic carbocycles. The first-order valence-electron chi connectivity index (χ1n) is 12.8. The Kier molecular flexibility index (Phi) is 8.85. The fourth-order valence-corrected chi connectivity index (χ4v) is 5.74. The summed E-state index contributed by atoms with van der Waals surface area (Å²) in [6.45, 7) is 10.2. The number of nitrogens with zero attached hydrogens (tertiary/aromatic N) is 2. The van der Waals surface area contributed by atoms with Gasteiger partial charge in [-0.25, -0.2) is 0 Å². The number of carbonyl (C=O) groups excluding carboxylic acids is 2. The van der Waals surface area contributed by atoms with Crippen molar-refractivity contribution in [1.82, 2.24) is 0 Å². The van der Waals surface area contributed by atoms with Gasteiger partial charge in [0, 0.05) is 30.1 Å². The van der Waals surface area contributed by atoms with E-state index in [1.165, 1.54) is 11.3 Å². The summed E-state index contributed by atoms with van der Waals surface area (Å²) >= 11 is 1.37. The summed E-state index contributed by atoms with van der Waals surface area (Å²) in [6, 6.07) is 2.27. The van der Waals surface area contributed by atoms with Crippen molar-refractivity contribution in [3.05, 3.63) is 21.7 Å². The fraction of sp³-hybridized carbons (Fsp3) is 0.704. The molecule has 2 aliphatic heterocycles. The quantitative estimate of drug-likeness (QED) is 0.227. The van der Waals surface area contributed by atoms with E-state index >= 15 is 0 Å². The Morgan fingerprint density at radius 1 is 1.30 bits per heavy atom. The van der Waals surface area contributed by atoms with E-state index in [2.05, 4.69) is 6.07 Å². The normalized spacial score (nSPS) is 35.8. The number of cyclic esters (lactones) is 1. The van der Waals surface area contributed by atoms with E-state index < -0.39 is 53.7 Å². The molecule has 0 radical (unpaired) electrons. The highest BCUT2D eigenvalue weighted by Crippen LogP contribution is 2.45. The number of ketones is 1. The average molecular weight is 536 g/mol. The zero-order chi connectivity index (χ0) is 27.7. The number of hydrogen-bond acceptors (Lipinski definition) is 9. The van der Waals surface area contributed by atoms with Gasteiger partial charge >= 0.3 is 5.97 Å². The number of aliphatic hydroxyl groups excluding tert-OH is 2.